The van der Waals surface area contributed by atoms with Gasteiger partial charge in [0.2, 0.25) is 0 Å². The monoisotopic (exact) mass is 318 g/mol. The van der Waals surface area contributed by atoms with Gasteiger partial charge in [-0.25, -0.2) is 0 Å². The Hall–Kier alpha value is -2.06. The fourth-order valence-electron chi connectivity index (χ4n) is 4.22. The van der Waals surface area contributed by atoms with E-state index in [0.717, 1.165) is 13.1 Å². The van der Waals surface area contributed by atoms with Gasteiger partial charge in [0.15, 0.2) is 0 Å². The Morgan fingerprint density at radius 3 is 2.58 bits per heavy atom. The second-order valence-corrected chi connectivity index (χ2v) is 7.27. The topological polar surface area (TPSA) is 6.48 Å². The average molecular weight is 318 g/mol. The van der Waals surface area contributed by atoms with Gasteiger partial charge in [-0.3, -0.25) is 4.90 Å². The summed E-state index contributed by atoms with van der Waals surface area (Å²) in [6, 6.07) is 20.5. The Kier molecular flexibility index (Phi) is 4.15. The molecule has 1 fully saturated rings. The Balaban J connectivity index is 1.66. The van der Waals surface area contributed by atoms with E-state index in [1.54, 1.807) is 0 Å². The fraction of sp³-hybridized carbons (Fsp3) is 0.364. The van der Waals surface area contributed by atoms with Crippen molar-refractivity contribution in [2.24, 2.45) is 0 Å². The smallest absolute Gasteiger partial charge is 0.0450 e. The molecule has 0 bridgehead atoms. The van der Waals surface area contributed by atoms with E-state index in [0.29, 0.717) is 12.0 Å². The van der Waals surface area contributed by atoms with Gasteiger partial charge >= 0.3 is 0 Å². The van der Waals surface area contributed by atoms with Crippen LogP contribution in [0.3, 0.4) is 0 Å². The number of likely N-dealkylation sites (tertiary alicyclic amines) is 1. The minimum absolute atomic E-state index is 0.591. The van der Waals surface area contributed by atoms with Crippen molar-refractivity contribution in [3.05, 3.63) is 71.8 Å². The van der Waals surface area contributed by atoms with Crippen LogP contribution in [0, 0.1) is 0 Å². The van der Waals surface area contributed by atoms with Gasteiger partial charge in [0, 0.05) is 43.0 Å². The highest BCUT2D eigenvalue weighted by molar-refractivity contribution is 5.72. The maximum Gasteiger partial charge on any atom is 0.0450 e. The first-order chi connectivity index (χ1) is 11.7. The maximum atomic E-state index is 2.61. The van der Waals surface area contributed by atoms with E-state index in [9.17, 15) is 0 Å². The van der Waals surface area contributed by atoms with E-state index >= 15 is 0 Å². The zero-order valence-electron chi connectivity index (χ0n) is 14.7. The van der Waals surface area contributed by atoms with Crippen molar-refractivity contribution in [3.63, 3.8) is 0 Å². The SMILES string of the molecule is CC(C)=CCN1CC[C@@H]2[C@@H](C1)c1ccccc1N2c1ccccc1. The number of rotatable bonds is 3. The molecule has 4 rings (SSSR count). The summed E-state index contributed by atoms with van der Waals surface area (Å²) in [5.74, 6) is 0.612. The van der Waals surface area contributed by atoms with E-state index in [-0.39, 0.29) is 0 Å². The maximum absolute atomic E-state index is 2.61. The molecule has 0 spiro atoms. The van der Waals surface area contributed by atoms with Crippen molar-refractivity contribution in [1.29, 1.82) is 0 Å². The molecule has 2 aliphatic rings. The van der Waals surface area contributed by atoms with Crippen LogP contribution in [0.1, 0.15) is 31.7 Å². The summed E-state index contributed by atoms with van der Waals surface area (Å²) < 4.78 is 0. The molecule has 124 valence electrons. The predicted molar refractivity (Wildman–Crippen MR) is 102 cm³/mol. The van der Waals surface area contributed by atoms with Crippen LogP contribution in [0.2, 0.25) is 0 Å². The lowest BCUT2D eigenvalue weighted by atomic mass is 9.89. The Morgan fingerprint density at radius 1 is 1.04 bits per heavy atom. The van der Waals surface area contributed by atoms with Crippen LogP contribution in [0.15, 0.2) is 66.2 Å². The lowest BCUT2D eigenvalue weighted by Crippen LogP contribution is -2.44. The summed E-state index contributed by atoms with van der Waals surface area (Å²) in [6.07, 6.45) is 3.58. The molecule has 1 saturated heterocycles. The van der Waals surface area contributed by atoms with Crippen molar-refractivity contribution >= 4 is 11.4 Å². The standard InChI is InChI=1S/C22H26N2/c1-17(2)12-14-23-15-13-22-20(16-23)19-10-6-7-11-21(19)24(22)18-8-4-3-5-9-18/h3-12,20,22H,13-16H2,1-2H3/t20-,22+/m0/s1. The number of hydrogen-bond acceptors (Lipinski definition) is 2. The Bertz CT molecular complexity index is 731. The number of anilines is 2. The van der Waals surface area contributed by atoms with Gasteiger partial charge in [0.1, 0.15) is 0 Å². The van der Waals surface area contributed by atoms with Gasteiger partial charge in [0.05, 0.1) is 0 Å². The molecular weight excluding hydrogens is 292 g/mol. The molecule has 2 heteroatoms. The predicted octanol–water partition coefficient (Wildman–Crippen LogP) is 4.96. The third-order valence-corrected chi connectivity index (χ3v) is 5.38. The molecule has 0 amide bonds. The summed E-state index contributed by atoms with van der Waals surface area (Å²) in [7, 11) is 0. The molecule has 0 N–H and O–H groups in total. The third kappa shape index (κ3) is 2.76. The van der Waals surface area contributed by atoms with E-state index in [1.807, 2.05) is 0 Å². The molecule has 0 aromatic heterocycles. The molecule has 2 nitrogen and oxygen atoms in total. The molecule has 2 aliphatic heterocycles. The molecule has 24 heavy (non-hydrogen) atoms. The highest BCUT2D eigenvalue weighted by atomic mass is 15.2. The summed E-state index contributed by atoms with van der Waals surface area (Å²) in [5, 5.41) is 0. The van der Waals surface area contributed by atoms with Crippen LogP contribution >= 0.6 is 0 Å². The van der Waals surface area contributed by atoms with E-state index in [2.05, 4.69) is 84.3 Å². The van der Waals surface area contributed by atoms with Crippen LogP contribution in [0.5, 0.6) is 0 Å². The quantitative estimate of drug-likeness (QED) is 0.738. The fourth-order valence-corrected chi connectivity index (χ4v) is 4.22. The Labute approximate surface area is 145 Å². The molecule has 0 saturated carbocycles. The van der Waals surface area contributed by atoms with E-state index in [1.165, 1.54) is 35.5 Å². The number of hydrogen-bond donors (Lipinski definition) is 0. The molecule has 0 unspecified atom stereocenters. The molecule has 2 aromatic carbocycles. The van der Waals surface area contributed by atoms with Crippen molar-refractivity contribution in [2.45, 2.75) is 32.2 Å². The van der Waals surface area contributed by atoms with Gasteiger partial charge in [-0.1, -0.05) is 48.0 Å². The van der Waals surface area contributed by atoms with Crippen LogP contribution in [0.4, 0.5) is 11.4 Å². The van der Waals surface area contributed by atoms with Crippen molar-refractivity contribution in [2.75, 3.05) is 24.5 Å². The molecule has 0 aliphatic carbocycles. The number of nitrogens with zero attached hydrogens (tertiary/aromatic N) is 2. The molecule has 0 radical (unpaired) electrons. The number of para-hydroxylation sites is 2. The van der Waals surface area contributed by atoms with E-state index in [4.69, 9.17) is 0 Å². The van der Waals surface area contributed by atoms with Crippen LogP contribution in [0.25, 0.3) is 0 Å². The first-order valence-corrected chi connectivity index (χ1v) is 9.03. The van der Waals surface area contributed by atoms with Crippen molar-refractivity contribution in [3.8, 4) is 0 Å². The van der Waals surface area contributed by atoms with Crippen LogP contribution in [-0.4, -0.2) is 30.6 Å². The zero-order valence-corrected chi connectivity index (χ0v) is 14.7. The van der Waals surface area contributed by atoms with Crippen molar-refractivity contribution in [1.82, 2.24) is 4.90 Å². The molecular formula is C22H26N2. The average Bonchev–Trinajstić information content (AvgIpc) is 2.94. The number of allylic oxidation sites excluding steroid dienone is 1. The van der Waals surface area contributed by atoms with Gasteiger partial charge in [0.25, 0.3) is 0 Å². The van der Waals surface area contributed by atoms with Gasteiger partial charge in [-0.2, -0.15) is 0 Å². The summed E-state index contributed by atoms with van der Waals surface area (Å²) in [5.41, 5.74) is 5.67. The van der Waals surface area contributed by atoms with Crippen molar-refractivity contribution < 1.29 is 0 Å². The molecule has 2 aromatic rings. The van der Waals surface area contributed by atoms with Crippen LogP contribution < -0.4 is 4.90 Å². The minimum atomic E-state index is 0.591. The minimum Gasteiger partial charge on any atom is -0.337 e. The zero-order chi connectivity index (χ0) is 16.5. The van der Waals surface area contributed by atoms with Crippen LogP contribution in [-0.2, 0) is 0 Å². The highest BCUT2D eigenvalue weighted by Gasteiger charge is 2.41. The molecule has 2 atom stereocenters. The highest BCUT2D eigenvalue weighted by Crippen LogP contribution is 2.48. The lowest BCUT2D eigenvalue weighted by Gasteiger charge is -2.38. The second-order valence-electron chi connectivity index (χ2n) is 7.27. The van der Waals surface area contributed by atoms with Gasteiger partial charge in [-0.05, 0) is 44.0 Å². The summed E-state index contributed by atoms with van der Waals surface area (Å²) in [4.78, 5) is 5.19. The first kappa shape index (κ1) is 15.5. The second kappa shape index (κ2) is 6.45. The lowest BCUT2D eigenvalue weighted by molar-refractivity contribution is 0.215. The normalized spacial score (nSPS) is 22.8. The van der Waals surface area contributed by atoms with Gasteiger partial charge < -0.3 is 4.90 Å². The number of fused-ring (bicyclic) bond motifs is 3. The first-order valence-electron chi connectivity index (χ1n) is 9.03. The summed E-state index contributed by atoms with van der Waals surface area (Å²) in [6.45, 7) is 7.81. The molecule has 2 heterocycles. The number of benzene rings is 2. The van der Waals surface area contributed by atoms with E-state index < -0.39 is 0 Å². The van der Waals surface area contributed by atoms with Gasteiger partial charge in [-0.15, -0.1) is 0 Å². The third-order valence-electron chi connectivity index (χ3n) is 5.38. The Morgan fingerprint density at radius 2 is 1.79 bits per heavy atom. The largest absolute Gasteiger partial charge is 0.337 e. The summed E-state index contributed by atoms with van der Waals surface area (Å²) >= 11 is 0. The number of piperidine rings is 1.